The number of nitrogens with zero attached hydrogens (tertiary/aromatic N) is 3. The third kappa shape index (κ3) is 9.56. The summed E-state index contributed by atoms with van der Waals surface area (Å²) in [5, 5.41) is 20.9. The number of hydrogen-bond donors (Lipinski definition) is 5. The number of hydrazine groups is 1. The van der Waals surface area contributed by atoms with Gasteiger partial charge in [0.1, 0.15) is 6.04 Å². The highest BCUT2D eigenvalue weighted by molar-refractivity contribution is 5.91. The van der Waals surface area contributed by atoms with Crippen LogP contribution in [0.1, 0.15) is 41.0 Å². The van der Waals surface area contributed by atoms with Gasteiger partial charge in [0.15, 0.2) is 5.03 Å². The molecular weight excluding hydrogens is 552 g/mol. The monoisotopic (exact) mass is 588 g/mol. The lowest BCUT2D eigenvalue weighted by Crippen LogP contribution is -2.48. The van der Waals surface area contributed by atoms with E-state index >= 15 is 0 Å². The molecule has 0 aromatic heterocycles. The summed E-state index contributed by atoms with van der Waals surface area (Å²) in [4.78, 5) is 51.2. The highest BCUT2D eigenvalue weighted by Crippen LogP contribution is 2.27. The molecule has 3 aromatic rings. The van der Waals surface area contributed by atoms with Crippen LogP contribution in [0.2, 0.25) is 0 Å². The van der Waals surface area contributed by atoms with Gasteiger partial charge in [0, 0.05) is 26.7 Å². The first-order valence-electron chi connectivity index (χ1n) is 13.6. The molecule has 4 amide bonds. The fraction of sp³-hybridized carbons (Fsp3) is 0.267. The third-order valence-corrected chi connectivity index (χ3v) is 6.94. The van der Waals surface area contributed by atoms with Gasteiger partial charge in [-0.2, -0.15) is 0 Å². The van der Waals surface area contributed by atoms with Crippen LogP contribution in [0.4, 0.5) is 4.79 Å². The SMILES string of the molecule is CN(C(=O)C(c1ccccc1)c1ccccc1)[C@H](CCCN(Cc1ccc(CNC(N)=O)cc1)C(=N)N[N+](=O)[O-])C(N)=O. The number of nitrogens with two attached hydrogens (primary N) is 2. The van der Waals surface area contributed by atoms with Crippen molar-refractivity contribution >= 4 is 23.8 Å². The number of nitro groups is 1. The zero-order chi connectivity index (χ0) is 31.4. The van der Waals surface area contributed by atoms with Crippen molar-refractivity contribution < 1.29 is 19.4 Å². The smallest absolute Gasteiger partial charge is 0.312 e. The summed E-state index contributed by atoms with van der Waals surface area (Å²) in [6, 6.07) is 24.0. The molecule has 0 bridgehead atoms. The summed E-state index contributed by atoms with van der Waals surface area (Å²) in [6.45, 7) is 0.564. The van der Waals surface area contributed by atoms with E-state index < -0.39 is 34.9 Å². The maximum absolute atomic E-state index is 13.8. The number of nitrogens with one attached hydrogen (secondary N) is 3. The van der Waals surface area contributed by atoms with Crippen molar-refractivity contribution in [1.29, 1.82) is 5.41 Å². The second-order valence-corrected chi connectivity index (χ2v) is 9.94. The lowest BCUT2D eigenvalue weighted by atomic mass is 9.89. The van der Waals surface area contributed by atoms with Crippen molar-refractivity contribution in [2.24, 2.45) is 11.5 Å². The number of likely N-dealkylation sites (N-methyl/N-ethyl adjacent to an activating group) is 1. The zero-order valence-corrected chi connectivity index (χ0v) is 23.8. The predicted molar refractivity (Wildman–Crippen MR) is 161 cm³/mol. The van der Waals surface area contributed by atoms with E-state index in [-0.39, 0.29) is 32.0 Å². The number of hydrogen-bond acceptors (Lipinski definition) is 6. The standard InChI is InChI=1S/C30H36N8O5/c1-36(28(40)26(23-9-4-2-5-10-23)24-11-6-3-7-12-24)25(27(31)39)13-8-18-37(29(32)35-38(42)43)20-22-16-14-21(15-17-22)19-34-30(33)41/h2-7,9-12,14-17,25-26H,8,13,18-20H2,1H3,(H2,31,39)(H2,32,35)(H3,33,34,41)/t25-/m1/s1. The number of carbonyl (C=O) groups is 3. The fourth-order valence-corrected chi connectivity index (χ4v) is 4.73. The molecule has 0 saturated heterocycles. The van der Waals surface area contributed by atoms with Crippen LogP contribution in [0.3, 0.4) is 0 Å². The average molecular weight is 589 g/mol. The first-order valence-corrected chi connectivity index (χ1v) is 13.6. The first-order chi connectivity index (χ1) is 20.6. The Bertz CT molecular complexity index is 1360. The fourth-order valence-electron chi connectivity index (χ4n) is 4.73. The Kier molecular flexibility index (Phi) is 11.6. The maximum atomic E-state index is 13.8. The second kappa shape index (κ2) is 15.5. The highest BCUT2D eigenvalue weighted by atomic mass is 16.7. The van der Waals surface area contributed by atoms with Gasteiger partial charge in [-0.3, -0.25) is 15.0 Å². The maximum Gasteiger partial charge on any atom is 0.312 e. The van der Waals surface area contributed by atoms with Crippen LogP contribution in [0.5, 0.6) is 0 Å². The van der Waals surface area contributed by atoms with Crippen LogP contribution in [0, 0.1) is 15.5 Å². The number of rotatable bonds is 14. The molecule has 0 aliphatic heterocycles. The Hall–Kier alpha value is -5.46. The molecule has 13 nitrogen and oxygen atoms in total. The van der Waals surface area contributed by atoms with Crippen LogP contribution in [-0.4, -0.2) is 58.3 Å². The van der Waals surface area contributed by atoms with Crippen LogP contribution in [0.15, 0.2) is 84.9 Å². The first kappa shape index (κ1) is 32.1. The van der Waals surface area contributed by atoms with Crippen molar-refractivity contribution in [3.05, 3.63) is 117 Å². The Morgan fingerprint density at radius 1 is 0.907 bits per heavy atom. The number of carbonyl (C=O) groups excluding carboxylic acids is 3. The van der Waals surface area contributed by atoms with E-state index in [9.17, 15) is 24.5 Å². The quantitative estimate of drug-likeness (QED) is 0.0822. The van der Waals surface area contributed by atoms with E-state index in [4.69, 9.17) is 16.9 Å². The lowest BCUT2D eigenvalue weighted by Gasteiger charge is -2.31. The van der Waals surface area contributed by atoms with Crippen molar-refractivity contribution in [2.75, 3.05) is 13.6 Å². The summed E-state index contributed by atoms with van der Waals surface area (Å²) >= 11 is 0. The Balaban J connectivity index is 1.73. The molecule has 7 N–H and O–H groups in total. The molecule has 1 atom stereocenters. The number of benzene rings is 3. The van der Waals surface area contributed by atoms with E-state index in [1.165, 1.54) is 9.80 Å². The van der Waals surface area contributed by atoms with Crippen molar-refractivity contribution in [3.63, 3.8) is 0 Å². The predicted octanol–water partition coefficient (Wildman–Crippen LogP) is 2.30. The number of urea groups is 1. The number of guanidine groups is 1. The van der Waals surface area contributed by atoms with Gasteiger partial charge in [-0.1, -0.05) is 90.4 Å². The van der Waals surface area contributed by atoms with E-state index in [2.05, 4.69) is 5.32 Å². The largest absolute Gasteiger partial charge is 0.368 e. The van der Waals surface area contributed by atoms with Gasteiger partial charge in [-0.15, -0.1) is 0 Å². The third-order valence-electron chi connectivity index (χ3n) is 6.94. The molecule has 3 aromatic carbocycles. The summed E-state index contributed by atoms with van der Waals surface area (Å²) in [5.74, 6) is -2.06. The Morgan fingerprint density at radius 2 is 1.44 bits per heavy atom. The average Bonchev–Trinajstić information content (AvgIpc) is 2.98. The second-order valence-electron chi connectivity index (χ2n) is 9.94. The van der Waals surface area contributed by atoms with Gasteiger partial charge in [-0.05, 0) is 35.1 Å². The molecule has 226 valence electrons. The van der Waals surface area contributed by atoms with Gasteiger partial charge in [0.25, 0.3) is 5.96 Å². The van der Waals surface area contributed by atoms with Gasteiger partial charge < -0.3 is 26.6 Å². The van der Waals surface area contributed by atoms with E-state index in [1.54, 1.807) is 31.3 Å². The van der Waals surface area contributed by atoms with Gasteiger partial charge in [0.2, 0.25) is 11.8 Å². The van der Waals surface area contributed by atoms with Gasteiger partial charge in [0.05, 0.1) is 5.92 Å². The number of primary amides is 2. The highest BCUT2D eigenvalue weighted by Gasteiger charge is 2.32. The zero-order valence-electron chi connectivity index (χ0n) is 23.8. The van der Waals surface area contributed by atoms with Gasteiger partial charge in [-0.25, -0.2) is 14.9 Å². The van der Waals surface area contributed by atoms with Crippen molar-refractivity contribution in [1.82, 2.24) is 20.5 Å². The molecule has 0 fully saturated rings. The molecule has 3 rings (SSSR count). The molecule has 0 saturated carbocycles. The molecule has 0 spiro atoms. The topological polar surface area (TPSA) is 201 Å². The summed E-state index contributed by atoms with van der Waals surface area (Å²) in [6.07, 6.45) is 0.475. The minimum absolute atomic E-state index is 0.156. The molecule has 0 aliphatic rings. The normalized spacial score (nSPS) is 11.3. The Morgan fingerprint density at radius 3 is 1.93 bits per heavy atom. The van der Waals surface area contributed by atoms with Crippen LogP contribution < -0.4 is 22.2 Å². The summed E-state index contributed by atoms with van der Waals surface area (Å²) in [7, 11) is 1.54. The molecular formula is C30H36N8O5. The molecule has 0 unspecified atom stereocenters. The van der Waals surface area contributed by atoms with E-state index in [1.807, 2.05) is 66.1 Å². The van der Waals surface area contributed by atoms with Crippen LogP contribution in [-0.2, 0) is 22.7 Å². The minimum Gasteiger partial charge on any atom is -0.368 e. The van der Waals surface area contributed by atoms with Crippen LogP contribution in [0.25, 0.3) is 0 Å². The summed E-state index contributed by atoms with van der Waals surface area (Å²) in [5.41, 5.74) is 15.8. The van der Waals surface area contributed by atoms with Gasteiger partial charge >= 0.3 is 6.03 Å². The molecule has 13 heteroatoms. The van der Waals surface area contributed by atoms with Crippen molar-refractivity contribution in [2.45, 2.75) is 37.9 Å². The Labute approximate surface area is 249 Å². The molecule has 43 heavy (non-hydrogen) atoms. The lowest BCUT2D eigenvalue weighted by molar-refractivity contribution is -0.526. The molecule has 0 radical (unpaired) electrons. The minimum atomic E-state index is -0.945. The van der Waals surface area contributed by atoms with E-state index in [0.29, 0.717) is 6.42 Å². The molecule has 0 heterocycles. The summed E-state index contributed by atoms with van der Waals surface area (Å²) < 4.78 is 0. The van der Waals surface area contributed by atoms with Crippen molar-refractivity contribution in [3.8, 4) is 0 Å². The molecule has 0 aliphatic carbocycles. The van der Waals surface area contributed by atoms with E-state index in [0.717, 1.165) is 22.3 Å². The van der Waals surface area contributed by atoms with Crippen LogP contribution >= 0.6 is 0 Å². The number of amides is 4.